The van der Waals surface area contributed by atoms with Crippen molar-refractivity contribution < 1.29 is 14.0 Å². The van der Waals surface area contributed by atoms with Gasteiger partial charge in [-0.15, -0.1) is 0 Å². The van der Waals surface area contributed by atoms with Crippen molar-refractivity contribution in [1.82, 2.24) is 0 Å². The molecule has 2 aliphatic heterocycles. The highest BCUT2D eigenvalue weighted by molar-refractivity contribution is 6.64. The van der Waals surface area contributed by atoms with Gasteiger partial charge in [0.15, 0.2) is 0 Å². The summed E-state index contributed by atoms with van der Waals surface area (Å²) >= 11 is 6.20. The van der Waals surface area contributed by atoms with E-state index in [0.29, 0.717) is 18.2 Å². The Morgan fingerprint density at radius 2 is 2.11 bits per heavy atom. The molecular weight excluding hydrogens is 264 g/mol. The Kier molecular flexibility index (Phi) is 4.74. The molecule has 104 valence electrons. The summed E-state index contributed by atoms with van der Waals surface area (Å²) in [6, 6.07) is 3.68. The van der Waals surface area contributed by atoms with Gasteiger partial charge in [-0.2, -0.15) is 0 Å². The molecule has 4 nitrogen and oxygen atoms in total. The van der Waals surface area contributed by atoms with Gasteiger partial charge in [0.25, 0.3) is 0 Å². The number of hydrogen-bond donors (Lipinski definition) is 1. The zero-order chi connectivity index (χ0) is 14.0. The Hall–Kier alpha value is -0.745. The SMILES string of the molecule is CC.CC1COc2ccc(Cl)c3c2B(O1)OC3CN. The number of ether oxygens (including phenoxy) is 1. The normalized spacial score (nSPS) is 23.9. The van der Waals surface area contributed by atoms with Gasteiger partial charge in [-0.1, -0.05) is 25.4 Å². The Bertz CT molecular complexity index is 458. The van der Waals surface area contributed by atoms with Crippen LogP contribution in [0.4, 0.5) is 0 Å². The third kappa shape index (κ3) is 2.61. The highest BCUT2D eigenvalue weighted by Crippen LogP contribution is 2.35. The van der Waals surface area contributed by atoms with E-state index >= 15 is 0 Å². The van der Waals surface area contributed by atoms with Crippen LogP contribution in [0, 0.1) is 0 Å². The second-order valence-corrected chi connectivity index (χ2v) is 4.73. The van der Waals surface area contributed by atoms with Crippen molar-refractivity contribution in [2.24, 2.45) is 5.73 Å². The minimum atomic E-state index is -0.412. The van der Waals surface area contributed by atoms with Crippen LogP contribution >= 0.6 is 11.6 Å². The lowest BCUT2D eigenvalue weighted by Crippen LogP contribution is -2.34. The third-order valence-corrected chi connectivity index (χ3v) is 3.41. The van der Waals surface area contributed by atoms with Gasteiger partial charge in [-0.05, 0) is 19.1 Å². The maximum absolute atomic E-state index is 6.20. The van der Waals surface area contributed by atoms with Crippen LogP contribution < -0.4 is 15.9 Å². The first-order valence-corrected chi connectivity index (χ1v) is 7.04. The third-order valence-electron chi connectivity index (χ3n) is 3.08. The molecule has 0 aliphatic carbocycles. The van der Waals surface area contributed by atoms with E-state index in [4.69, 9.17) is 31.4 Å². The molecule has 0 fully saturated rings. The average Bonchev–Trinajstić information content (AvgIpc) is 2.72. The van der Waals surface area contributed by atoms with E-state index < -0.39 is 7.12 Å². The molecule has 0 aromatic heterocycles. The summed E-state index contributed by atoms with van der Waals surface area (Å²) in [5.74, 6) is 0.787. The summed E-state index contributed by atoms with van der Waals surface area (Å²) in [6.07, 6.45) is -0.230. The van der Waals surface area contributed by atoms with Crippen LogP contribution in [-0.4, -0.2) is 26.4 Å². The first-order valence-electron chi connectivity index (χ1n) is 6.66. The van der Waals surface area contributed by atoms with E-state index in [9.17, 15) is 0 Å². The molecule has 0 saturated carbocycles. The zero-order valence-corrected chi connectivity index (χ0v) is 12.2. The quantitative estimate of drug-likeness (QED) is 0.800. The molecule has 0 spiro atoms. The highest BCUT2D eigenvalue weighted by Gasteiger charge is 2.43. The van der Waals surface area contributed by atoms with Crippen molar-refractivity contribution in [3.05, 3.63) is 22.7 Å². The van der Waals surface area contributed by atoms with Crippen LogP contribution in [0.3, 0.4) is 0 Å². The van der Waals surface area contributed by atoms with Gasteiger partial charge in [0, 0.05) is 22.6 Å². The molecule has 0 radical (unpaired) electrons. The lowest BCUT2D eigenvalue weighted by atomic mass is 9.77. The lowest BCUT2D eigenvalue weighted by Gasteiger charge is -2.15. The van der Waals surface area contributed by atoms with Crippen LogP contribution in [-0.2, 0) is 9.31 Å². The van der Waals surface area contributed by atoms with E-state index in [1.807, 2.05) is 32.9 Å². The van der Waals surface area contributed by atoms with Gasteiger partial charge in [-0.3, -0.25) is 0 Å². The van der Waals surface area contributed by atoms with Crippen molar-refractivity contribution in [2.75, 3.05) is 13.2 Å². The predicted molar refractivity (Wildman–Crippen MR) is 77.1 cm³/mol. The second kappa shape index (κ2) is 6.14. The summed E-state index contributed by atoms with van der Waals surface area (Å²) in [6.45, 7) is 6.85. The monoisotopic (exact) mass is 283 g/mol. The summed E-state index contributed by atoms with van der Waals surface area (Å²) in [5, 5.41) is 0.656. The molecule has 2 atom stereocenters. The largest absolute Gasteiger partial charge is 0.498 e. The number of halogens is 1. The molecule has 0 saturated heterocycles. The molecule has 1 aromatic carbocycles. The van der Waals surface area contributed by atoms with Gasteiger partial charge in [-0.25, -0.2) is 0 Å². The highest BCUT2D eigenvalue weighted by atomic mass is 35.5. The Labute approximate surface area is 119 Å². The maximum Gasteiger partial charge on any atom is 0.498 e. The molecular formula is C13H19BClNO3. The van der Waals surface area contributed by atoms with E-state index in [-0.39, 0.29) is 12.2 Å². The van der Waals surface area contributed by atoms with Crippen LogP contribution in [0.5, 0.6) is 5.75 Å². The fourth-order valence-electron chi connectivity index (χ4n) is 2.30. The lowest BCUT2D eigenvalue weighted by molar-refractivity contribution is 0.101. The number of nitrogens with two attached hydrogens (primary N) is 1. The van der Waals surface area contributed by atoms with Crippen LogP contribution in [0.1, 0.15) is 32.4 Å². The first-order chi connectivity index (χ1) is 9.20. The fraction of sp³-hybridized carbons (Fsp3) is 0.538. The molecule has 6 heteroatoms. The van der Waals surface area contributed by atoms with E-state index in [2.05, 4.69) is 0 Å². The van der Waals surface area contributed by atoms with Crippen LogP contribution in [0.15, 0.2) is 12.1 Å². The van der Waals surface area contributed by atoms with Crippen LogP contribution in [0.2, 0.25) is 5.02 Å². The van der Waals surface area contributed by atoms with Crippen molar-refractivity contribution in [3.63, 3.8) is 0 Å². The smallest absolute Gasteiger partial charge is 0.491 e. The fourth-order valence-corrected chi connectivity index (χ4v) is 2.59. The predicted octanol–water partition coefficient (Wildman–Crippen LogP) is 1.89. The topological polar surface area (TPSA) is 53.7 Å². The standard InChI is InChI=1S/C11H13BClNO3.C2H6/c1-6-5-15-8-3-2-7(13)10-9(4-14)17-12(16-6)11(8)10;1-2/h2-3,6,9H,4-5,14H2,1H3;1-2H3. The minimum Gasteiger partial charge on any atom is -0.491 e. The summed E-state index contributed by atoms with van der Waals surface area (Å²) in [4.78, 5) is 0. The Morgan fingerprint density at radius 1 is 1.37 bits per heavy atom. The van der Waals surface area contributed by atoms with Gasteiger partial charge in [0.05, 0.1) is 12.2 Å². The molecule has 1 aromatic rings. The number of rotatable bonds is 1. The van der Waals surface area contributed by atoms with Gasteiger partial charge in [0.1, 0.15) is 12.4 Å². The van der Waals surface area contributed by atoms with Crippen molar-refractivity contribution >= 4 is 24.2 Å². The molecule has 2 heterocycles. The van der Waals surface area contributed by atoms with Crippen molar-refractivity contribution in [2.45, 2.75) is 33.0 Å². The Morgan fingerprint density at radius 3 is 2.79 bits per heavy atom. The van der Waals surface area contributed by atoms with E-state index in [0.717, 1.165) is 16.8 Å². The van der Waals surface area contributed by atoms with Crippen molar-refractivity contribution in [3.8, 4) is 5.75 Å². The van der Waals surface area contributed by atoms with Gasteiger partial charge >= 0.3 is 7.12 Å². The summed E-state index contributed by atoms with van der Waals surface area (Å²) in [7, 11) is -0.412. The molecule has 2 unspecified atom stereocenters. The van der Waals surface area contributed by atoms with Crippen molar-refractivity contribution in [1.29, 1.82) is 0 Å². The number of benzene rings is 1. The molecule has 2 N–H and O–H groups in total. The van der Waals surface area contributed by atoms with E-state index in [1.54, 1.807) is 0 Å². The maximum atomic E-state index is 6.20. The molecule has 0 bridgehead atoms. The summed E-state index contributed by atoms with van der Waals surface area (Å²) < 4.78 is 17.2. The summed E-state index contributed by atoms with van der Waals surface area (Å²) in [5.41, 5.74) is 7.51. The Balaban J connectivity index is 0.000000637. The first kappa shape index (κ1) is 14.7. The van der Waals surface area contributed by atoms with Gasteiger partial charge < -0.3 is 19.8 Å². The molecule has 3 rings (SSSR count). The molecule has 0 amide bonds. The molecule has 2 aliphatic rings. The minimum absolute atomic E-state index is 0.0180. The molecule has 19 heavy (non-hydrogen) atoms. The average molecular weight is 284 g/mol. The van der Waals surface area contributed by atoms with Gasteiger partial charge in [0.2, 0.25) is 0 Å². The number of hydrogen-bond acceptors (Lipinski definition) is 4. The zero-order valence-electron chi connectivity index (χ0n) is 11.5. The van der Waals surface area contributed by atoms with E-state index in [1.165, 1.54) is 0 Å². The van der Waals surface area contributed by atoms with Crippen LogP contribution in [0.25, 0.3) is 0 Å². The second-order valence-electron chi connectivity index (χ2n) is 4.32.